The zero-order valence-corrected chi connectivity index (χ0v) is 16.3. The highest BCUT2D eigenvalue weighted by atomic mass is 16.5. The second kappa shape index (κ2) is 9.35. The zero-order valence-electron chi connectivity index (χ0n) is 16.3. The Morgan fingerprint density at radius 1 is 1.38 bits per heavy atom. The van der Waals surface area contributed by atoms with Crippen LogP contribution in [0.3, 0.4) is 0 Å². The van der Waals surface area contributed by atoms with E-state index < -0.39 is 5.97 Å². The summed E-state index contributed by atoms with van der Waals surface area (Å²) in [5, 5.41) is 13.4. The molecule has 1 saturated heterocycles. The maximum Gasteiger partial charge on any atom is 0.347 e. The molecule has 9 heteroatoms. The number of furan rings is 1. The topological polar surface area (TPSA) is 132 Å². The third-order valence-corrected chi connectivity index (χ3v) is 4.04. The van der Waals surface area contributed by atoms with Gasteiger partial charge in [0.25, 0.3) is 0 Å². The fourth-order valence-electron chi connectivity index (χ4n) is 2.72. The number of nitrogens with one attached hydrogen (secondary N) is 1. The molecule has 2 aromatic rings. The lowest BCUT2D eigenvalue weighted by molar-refractivity contribution is 0.0376. The summed E-state index contributed by atoms with van der Waals surface area (Å²) in [5.74, 6) is -0.633. The molecule has 2 aromatic heterocycles. The Morgan fingerprint density at radius 3 is 2.76 bits per heavy atom. The van der Waals surface area contributed by atoms with Crippen LogP contribution in [-0.2, 0) is 9.47 Å². The molecular formula is C20H24N4O5. The van der Waals surface area contributed by atoms with Gasteiger partial charge in [-0.2, -0.15) is 0 Å². The molecule has 4 heterocycles. The van der Waals surface area contributed by atoms with Crippen molar-refractivity contribution < 1.29 is 23.8 Å². The minimum atomic E-state index is -0.731. The molecule has 4 rings (SSSR count). The van der Waals surface area contributed by atoms with Gasteiger partial charge < -0.3 is 30.0 Å². The lowest BCUT2D eigenvalue weighted by Crippen LogP contribution is -2.30. The number of rotatable bonds is 3. The van der Waals surface area contributed by atoms with Gasteiger partial charge in [0.1, 0.15) is 0 Å². The van der Waals surface area contributed by atoms with Crippen molar-refractivity contribution in [1.29, 1.82) is 0 Å². The van der Waals surface area contributed by atoms with Gasteiger partial charge in [0.05, 0.1) is 19.3 Å². The van der Waals surface area contributed by atoms with E-state index >= 15 is 0 Å². The van der Waals surface area contributed by atoms with Crippen LogP contribution in [0.2, 0.25) is 0 Å². The van der Waals surface area contributed by atoms with E-state index in [-0.39, 0.29) is 29.1 Å². The fourth-order valence-corrected chi connectivity index (χ4v) is 2.72. The molecule has 2 aliphatic rings. The van der Waals surface area contributed by atoms with Crippen molar-refractivity contribution in [2.24, 2.45) is 4.99 Å². The zero-order chi connectivity index (χ0) is 20.8. The fraction of sp³-hybridized carbons (Fsp3) is 0.350. The van der Waals surface area contributed by atoms with Gasteiger partial charge >= 0.3 is 5.97 Å². The Morgan fingerprint density at radius 2 is 2.14 bits per heavy atom. The van der Waals surface area contributed by atoms with Gasteiger partial charge in [-0.05, 0) is 32.1 Å². The normalized spacial score (nSPS) is 16.4. The van der Waals surface area contributed by atoms with E-state index in [9.17, 15) is 9.90 Å². The molecule has 0 aliphatic carbocycles. The number of hydrogen-bond donors (Lipinski definition) is 3. The number of fused-ring (bicyclic) bond motifs is 1. The number of aromatic nitrogens is 1. The van der Waals surface area contributed by atoms with E-state index in [1.165, 1.54) is 0 Å². The lowest BCUT2D eigenvalue weighted by atomic mass is 10.1. The first kappa shape index (κ1) is 20.6. The van der Waals surface area contributed by atoms with Crippen LogP contribution < -0.4 is 11.1 Å². The molecular weight excluding hydrogens is 376 g/mol. The smallest absolute Gasteiger partial charge is 0.347 e. The largest absolute Gasteiger partial charge is 0.504 e. The van der Waals surface area contributed by atoms with Gasteiger partial charge in [-0.25, -0.2) is 14.8 Å². The molecule has 0 aromatic carbocycles. The number of anilines is 1. The van der Waals surface area contributed by atoms with Crippen molar-refractivity contribution in [2.75, 3.05) is 32.0 Å². The van der Waals surface area contributed by atoms with E-state index in [1.54, 1.807) is 38.4 Å². The number of pyridine rings is 1. The summed E-state index contributed by atoms with van der Waals surface area (Å²) in [5.41, 5.74) is 7.01. The van der Waals surface area contributed by atoms with Crippen molar-refractivity contribution in [2.45, 2.75) is 20.0 Å². The maximum absolute atomic E-state index is 12.0. The predicted molar refractivity (Wildman–Crippen MR) is 109 cm³/mol. The molecule has 0 radical (unpaired) electrons. The van der Waals surface area contributed by atoms with Crippen molar-refractivity contribution in [3.05, 3.63) is 35.2 Å². The summed E-state index contributed by atoms with van der Waals surface area (Å²) in [7, 11) is 0. The Balaban J connectivity index is 0.000000343. The molecule has 0 amide bonds. The minimum absolute atomic E-state index is 0.0661. The summed E-state index contributed by atoms with van der Waals surface area (Å²) < 4.78 is 15.3. The van der Waals surface area contributed by atoms with Crippen LogP contribution in [0, 0.1) is 0 Å². The molecule has 9 nitrogen and oxygen atoms in total. The number of carbonyl (C=O) groups excluding carboxylic acids is 1. The molecule has 2 aliphatic heterocycles. The third kappa shape index (κ3) is 5.01. The van der Waals surface area contributed by atoms with E-state index in [2.05, 4.69) is 15.3 Å². The number of morpholine rings is 1. The third-order valence-electron chi connectivity index (χ3n) is 4.04. The number of nitrogens with two attached hydrogens (primary N) is 1. The quantitative estimate of drug-likeness (QED) is 0.669. The van der Waals surface area contributed by atoms with Gasteiger partial charge in [-0.3, -0.25) is 0 Å². The second-order valence-electron chi connectivity index (χ2n) is 6.60. The number of hydrogen-bond acceptors (Lipinski definition) is 9. The Hall–Kier alpha value is -3.17. The number of aromatic hydroxyl groups is 1. The van der Waals surface area contributed by atoms with Crippen LogP contribution >= 0.6 is 0 Å². The molecule has 29 heavy (non-hydrogen) atoms. The monoisotopic (exact) mass is 400 g/mol. The molecule has 0 saturated carbocycles. The Labute approximate surface area is 168 Å². The highest BCUT2D eigenvalue weighted by molar-refractivity contribution is 6.21. The first-order valence-corrected chi connectivity index (χ1v) is 9.29. The predicted octanol–water partition coefficient (Wildman–Crippen LogP) is 2.39. The Kier molecular flexibility index (Phi) is 6.63. The number of nitrogen functional groups attached to an aromatic ring is 1. The minimum Gasteiger partial charge on any atom is -0.504 e. The molecule has 1 fully saturated rings. The summed E-state index contributed by atoms with van der Waals surface area (Å²) in [6.07, 6.45) is 4.45. The van der Waals surface area contributed by atoms with E-state index in [0.29, 0.717) is 11.4 Å². The van der Waals surface area contributed by atoms with Gasteiger partial charge in [0, 0.05) is 36.6 Å². The average molecular weight is 400 g/mol. The lowest BCUT2D eigenvalue weighted by Gasteiger charge is -2.10. The number of aliphatic imine (C=N–C) groups is 1. The van der Waals surface area contributed by atoms with Crippen LogP contribution in [0.4, 0.5) is 11.7 Å². The van der Waals surface area contributed by atoms with Crippen LogP contribution in [0.25, 0.3) is 11.6 Å². The van der Waals surface area contributed by atoms with E-state index in [4.69, 9.17) is 19.6 Å². The SMILES string of the molecule is C1COCCN1.CC(C)OC(=O)c1c(N)oc(C=C2C=Nc3ncccc32)c1O. The van der Waals surface area contributed by atoms with Crippen LogP contribution in [-0.4, -0.2) is 54.7 Å². The number of esters is 1. The highest BCUT2D eigenvalue weighted by Gasteiger charge is 2.26. The second-order valence-corrected chi connectivity index (χ2v) is 6.60. The molecule has 154 valence electrons. The summed E-state index contributed by atoms with van der Waals surface area (Å²) in [6.45, 7) is 7.24. The molecule has 0 spiro atoms. The maximum atomic E-state index is 12.0. The van der Waals surface area contributed by atoms with Crippen LogP contribution in [0.5, 0.6) is 5.75 Å². The first-order valence-electron chi connectivity index (χ1n) is 9.29. The number of allylic oxidation sites excluding steroid dienone is 1. The van der Waals surface area contributed by atoms with Gasteiger partial charge in [0.15, 0.2) is 22.9 Å². The molecule has 4 N–H and O–H groups in total. The molecule has 0 unspecified atom stereocenters. The molecule has 0 bridgehead atoms. The summed E-state index contributed by atoms with van der Waals surface area (Å²) >= 11 is 0. The standard InChI is InChI=1S/C16H15N3O4.C4H9NO/c1-8(2)22-16(21)12-13(20)11(23-14(12)17)6-9-7-19-15-10(9)4-3-5-18-15;1-3-6-4-2-5-1/h3-8,20H,17H2,1-2H3;5H,1-4H2. The molecule has 0 atom stereocenters. The van der Waals surface area contributed by atoms with E-state index in [0.717, 1.165) is 31.9 Å². The van der Waals surface area contributed by atoms with Crippen molar-refractivity contribution in [1.82, 2.24) is 10.3 Å². The Bertz CT molecular complexity index is 917. The van der Waals surface area contributed by atoms with Crippen molar-refractivity contribution in [3.8, 4) is 5.75 Å². The summed E-state index contributed by atoms with van der Waals surface area (Å²) in [4.78, 5) is 20.3. The van der Waals surface area contributed by atoms with Crippen molar-refractivity contribution in [3.63, 3.8) is 0 Å². The number of nitrogens with zero attached hydrogens (tertiary/aromatic N) is 2. The van der Waals surface area contributed by atoms with Gasteiger partial charge in [-0.15, -0.1) is 0 Å². The highest BCUT2D eigenvalue weighted by Crippen LogP contribution is 2.37. The number of carbonyl (C=O) groups is 1. The van der Waals surface area contributed by atoms with Crippen LogP contribution in [0.15, 0.2) is 27.7 Å². The summed E-state index contributed by atoms with van der Waals surface area (Å²) in [6, 6.07) is 3.63. The first-order chi connectivity index (χ1) is 14.0. The van der Waals surface area contributed by atoms with Crippen LogP contribution in [0.1, 0.15) is 35.5 Å². The van der Waals surface area contributed by atoms with Gasteiger partial charge in [0.2, 0.25) is 5.88 Å². The average Bonchev–Trinajstić information content (AvgIpc) is 3.24. The number of ether oxygens (including phenoxy) is 2. The van der Waals surface area contributed by atoms with Crippen molar-refractivity contribution >= 4 is 35.5 Å². The van der Waals surface area contributed by atoms with E-state index in [1.807, 2.05) is 6.07 Å². The van der Waals surface area contributed by atoms with Gasteiger partial charge in [-0.1, -0.05) is 0 Å².